The maximum absolute atomic E-state index is 13.1. The second-order valence-corrected chi connectivity index (χ2v) is 8.19. The molecule has 0 radical (unpaired) electrons. The van der Waals surface area contributed by atoms with Crippen LogP contribution in [0.5, 0.6) is 0 Å². The van der Waals surface area contributed by atoms with Crippen LogP contribution >= 0.6 is 0 Å². The van der Waals surface area contributed by atoms with Crippen molar-refractivity contribution < 1.29 is 31.2 Å². The Morgan fingerprint density at radius 1 is 1.23 bits per heavy atom. The van der Waals surface area contributed by atoms with E-state index in [4.69, 9.17) is 0 Å². The van der Waals surface area contributed by atoms with Gasteiger partial charge >= 0.3 is 6.03 Å². The summed E-state index contributed by atoms with van der Waals surface area (Å²) in [4.78, 5) is 24.2. The third-order valence-corrected chi connectivity index (χ3v) is 6.28. The number of halogens is 3. The lowest BCUT2D eigenvalue weighted by atomic mass is 10.1. The minimum absolute atomic E-state index is 0.00226. The molecular weight excluding hydrogens is 437 g/mol. The number of carbonyl (C=O) groups excluding carboxylic acids is 2. The SMILES string of the molecule is C=CC1=C(/C=C/C(=O)NC(/C=C/F)=C/C(F)=C/F)S(=O)(=O)N(C2CCNCC2)C(=O)N1. The van der Waals surface area contributed by atoms with E-state index < -0.39 is 39.5 Å². The second-order valence-electron chi connectivity index (χ2n) is 6.40. The maximum Gasteiger partial charge on any atom is 0.336 e. The molecule has 8 nitrogen and oxygen atoms in total. The summed E-state index contributed by atoms with van der Waals surface area (Å²) in [7, 11) is -4.30. The molecule has 0 bridgehead atoms. The Balaban J connectivity index is 2.32. The average Bonchev–Trinajstić information content (AvgIpc) is 2.72. The minimum Gasteiger partial charge on any atom is -0.322 e. The standard InChI is InChI=1S/C19H21F3N4O4S/c1-2-16-17(3-4-18(27)24-14(5-8-20)11-13(22)12-21)31(29,30)26(19(28)25-16)15-6-9-23-10-7-15/h2-5,8,11-12,15,23H,1,6-7,9-10H2,(H,24,27)(H,25,28)/b4-3+,8-5+,13-12-,14-11+. The quantitative estimate of drug-likeness (QED) is 0.401. The van der Waals surface area contributed by atoms with E-state index in [9.17, 15) is 31.2 Å². The molecule has 2 aliphatic heterocycles. The van der Waals surface area contributed by atoms with Crippen LogP contribution in [0.15, 0.2) is 71.7 Å². The smallest absolute Gasteiger partial charge is 0.322 e. The van der Waals surface area contributed by atoms with Gasteiger partial charge in [-0.05, 0) is 50.2 Å². The van der Waals surface area contributed by atoms with E-state index in [0.29, 0.717) is 38.1 Å². The van der Waals surface area contributed by atoms with Crippen LogP contribution in [0, 0.1) is 0 Å². The lowest BCUT2D eigenvalue weighted by Gasteiger charge is -2.36. The maximum atomic E-state index is 13.1. The number of sulfonamides is 1. The molecular formula is C19H21F3N4O4S. The molecule has 3 amide bonds. The normalized spacial score (nSPS) is 21.0. The van der Waals surface area contributed by atoms with Crippen LogP contribution in [-0.2, 0) is 14.8 Å². The second kappa shape index (κ2) is 10.8. The predicted molar refractivity (Wildman–Crippen MR) is 108 cm³/mol. The van der Waals surface area contributed by atoms with Crippen molar-refractivity contribution in [1.29, 1.82) is 0 Å². The van der Waals surface area contributed by atoms with Crippen molar-refractivity contribution in [2.24, 2.45) is 0 Å². The van der Waals surface area contributed by atoms with Crippen LogP contribution in [0.1, 0.15) is 12.8 Å². The van der Waals surface area contributed by atoms with Crippen LogP contribution in [0.3, 0.4) is 0 Å². The molecule has 3 N–H and O–H groups in total. The Bertz CT molecular complexity index is 994. The van der Waals surface area contributed by atoms with Gasteiger partial charge in [0, 0.05) is 11.8 Å². The number of rotatable bonds is 7. The van der Waals surface area contributed by atoms with E-state index in [1.54, 1.807) is 0 Å². The zero-order valence-electron chi connectivity index (χ0n) is 16.3. The number of carbonyl (C=O) groups is 2. The molecule has 0 aliphatic carbocycles. The first-order valence-corrected chi connectivity index (χ1v) is 10.5. The molecule has 1 saturated heterocycles. The highest BCUT2D eigenvalue weighted by Gasteiger charge is 2.41. The lowest BCUT2D eigenvalue weighted by molar-refractivity contribution is -0.115. The largest absolute Gasteiger partial charge is 0.336 e. The molecule has 0 aromatic carbocycles. The number of hydrogen-bond acceptors (Lipinski definition) is 5. The number of amides is 3. The molecule has 0 atom stereocenters. The molecule has 0 saturated carbocycles. The van der Waals surface area contributed by atoms with Gasteiger partial charge in [0.2, 0.25) is 5.91 Å². The van der Waals surface area contributed by atoms with E-state index in [0.717, 1.165) is 22.5 Å². The summed E-state index contributed by atoms with van der Waals surface area (Å²) in [5.41, 5.74) is -0.539. The Labute approximate surface area is 177 Å². The first-order valence-electron chi connectivity index (χ1n) is 9.10. The van der Waals surface area contributed by atoms with Gasteiger partial charge in [0.1, 0.15) is 11.2 Å². The molecule has 1 fully saturated rings. The highest BCUT2D eigenvalue weighted by atomic mass is 32.2. The molecule has 0 spiro atoms. The first kappa shape index (κ1) is 24.2. The molecule has 2 rings (SSSR count). The van der Waals surface area contributed by atoms with Crippen LogP contribution in [0.2, 0.25) is 0 Å². The van der Waals surface area contributed by atoms with Gasteiger partial charge in [0.15, 0.2) is 5.83 Å². The topological polar surface area (TPSA) is 108 Å². The summed E-state index contributed by atoms with van der Waals surface area (Å²) >= 11 is 0. The fraction of sp³-hybridized carbons (Fsp3) is 0.263. The summed E-state index contributed by atoms with van der Waals surface area (Å²) in [6.45, 7) is 4.55. The Kier molecular flexibility index (Phi) is 8.39. The zero-order chi connectivity index (χ0) is 23.0. The minimum atomic E-state index is -4.30. The van der Waals surface area contributed by atoms with E-state index in [-0.39, 0.29) is 23.3 Å². The van der Waals surface area contributed by atoms with E-state index in [1.807, 2.05) is 0 Å². The fourth-order valence-electron chi connectivity index (χ4n) is 3.03. The third-order valence-electron chi connectivity index (χ3n) is 4.38. The van der Waals surface area contributed by atoms with Gasteiger partial charge in [-0.25, -0.2) is 30.7 Å². The monoisotopic (exact) mass is 458 g/mol. The molecule has 168 valence electrons. The van der Waals surface area contributed by atoms with E-state index >= 15 is 0 Å². The molecule has 31 heavy (non-hydrogen) atoms. The van der Waals surface area contributed by atoms with Gasteiger partial charge in [0.05, 0.1) is 18.1 Å². The highest BCUT2D eigenvalue weighted by Crippen LogP contribution is 2.28. The van der Waals surface area contributed by atoms with Crippen molar-refractivity contribution >= 4 is 22.0 Å². The van der Waals surface area contributed by atoms with Gasteiger partial charge < -0.3 is 16.0 Å². The number of nitrogens with zero attached hydrogens (tertiary/aromatic N) is 1. The van der Waals surface area contributed by atoms with Crippen LogP contribution in [0.25, 0.3) is 0 Å². The van der Waals surface area contributed by atoms with Gasteiger partial charge in [-0.3, -0.25) is 4.79 Å². The number of nitrogens with one attached hydrogen (secondary N) is 3. The zero-order valence-corrected chi connectivity index (χ0v) is 17.1. The van der Waals surface area contributed by atoms with Gasteiger partial charge in [-0.1, -0.05) is 6.58 Å². The summed E-state index contributed by atoms with van der Waals surface area (Å²) in [6, 6.07) is -1.38. The molecule has 0 aromatic rings. The Morgan fingerprint density at radius 2 is 1.90 bits per heavy atom. The predicted octanol–water partition coefficient (Wildman–Crippen LogP) is 2.31. The van der Waals surface area contributed by atoms with Gasteiger partial charge in [0.25, 0.3) is 10.0 Å². The molecule has 0 aromatic heterocycles. The lowest BCUT2D eigenvalue weighted by Crippen LogP contribution is -2.55. The Morgan fingerprint density at radius 3 is 2.48 bits per heavy atom. The van der Waals surface area contributed by atoms with Crippen molar-refractivity contribution in [1.82, 2.24) is 20.3 Å². The van der Waals surface area contributed by atoms with Crippen molar-refractivity contribution in [2.45, 2.75) is 18.9 Å². The summed E-state index contributed by atoms with van der Waals surface area (Å²) in [5, 5.41) is 7.58. The highest BCUT2D eigenvalue weighted by molar-refractivity contribution is 7.93. The number of allylic oxidation sites excluding steroid dienone is 5. The van der Waals surface area contributed by atoms with Crippen LogP contribution in [-0.4, -0.2) is 43.8 Å². The summed E-state index contributed by atoms with van der Waals surface area (Å²) in [6.07, 6.45) is 4.49. The van der Waals surface area contributed by atoms with Crippen molar-refractivity contribution in [3.05, 3.63) is 71.7 Å². The van der Waals surface area contributed by atoms with E-state index in [2.05, 4.69) is 22.5 Å². The fourth-order valence-corrected chi connectivity index (χ4v) is 4.76. The third kappa shape index (κ3) is 5.95. The average molecular weight is 458 g/mol. The molecule has 12 heteroatoms. The van der Waals surface area contributed by atoms with Crippen LogP contribution in [0.4, 0.5) is 18.0 Å². The molecule has 2 aliphatic rings. The van der Waals surface area contributed by atoms with Crippen molar-refractivity contribution in [2.75, 3.05) is 13.1 Å². The molecule has 0 unspecified atom stereocenters. The van der Waals surface area contributed by atoms with Crippen molar-refractivity contribution in [3.8, 4) is 0 Å². The van der Waals surface area contributed by atoms with Gasteiger partial charge in [-0.15, -0.1) is 0 Å². The Hall–Kier alpha value is -3.12. The number of urea groups is 1. The number of hydrogen-bond donors (Lipinski definition) is 3. The first-order chi connectivity index (χ1) is 14.7. The molecule has 2 heterocycles. The summed E-state index contributed by atoms with van der Waals surface area (Å²) in [5.74, 6) is -2.32. The summed E-state index contributed by atoms with van der Waals surface area (Å²) < 4.78 is 64.5. The number of piperidine rings is 1. The van der Waals surface area contributed by atoms with Crippen molar-refractivity contribution in [3.63, 3.8) is 0 Å². The van der Waals surface area contributed by atoms with Crippen LogP contribution < -0.4 is 16.0 Å². The van der Waals surface area contributed by atoms with E-state index in [1.165, 1.54) is 0 Å². The van der Waals surface area contributed by atoms with Gasteiger partial charge in [-0.2, -0.15) is 0 Å².